The zero-order chi connectivity index (χ0) is 22.5. The molecule has 2 aliphatic rings. The Labute approximate surface area is 177 Å². The minimum Gasteiger partial charge on any atom is -0.486 e. The van der Waals surface area contributed by atoms with Crippen LogP contribution in [0.5, 0.6) is 5.75 Å². The average Bonchev–Trinajstić information content (AvgIpc) is 3.28. The lowest BCUT2D eigenvalue weighted by molar-refractivity contribution is -0.192. The smallest absolute Gasteiger partial charge is 0.486 e. The van der Waals surface area contributed by atoms with E-state index < -0.39 is 12.1 Å². The monoisotopic (exact) mass is 442 g/mol. The Balaban J connectivity index is 0.000000339. The van der Waals surface area contributed by atoms with Crippen molar-refractivity contribution in [2.24, 2.45) is 7.05 Å². The third-order valence-electron chi connectivity index (χ3n) is 5.13. The number of aliphatic carboxylic acids is 1. The van der Waals surface area contributed by atoms with Crippen LogP contribution in [0, 0.1) is 0 Å². The molecule has 8 nitrogen and oxygen atoms in total. The van der Waals surface area contributed by atoms with Gasteiger partial charge in [0, 0.05) is 39.0 Å². The van der Waals surface area contributed by atoms with Gasteiger partial charge in [-0.3, -0.25) is 14.6 Å². The highest BCUT2D eigenvalue weighted by molar-refractivity contribution is 5.73. The quantitative estimate of drug-likeness (QED) is 0.779. The molecule has 170 valence electrons. The first kappa shape index (κ1) is 23.0. The number of likely N-dealkylation sites (tertiary alicyclic amines) is 1. The van der Waals surface area contributed by atoms with Crippen LogP contribution < -0.4 is 4.74 Å². The molecule has 11 heteroatoms. The number of piperidine rings is 1. The third-order valence-corrected chi connectivity index (χ3v) is 5.13. The van der Waals surface area contributed by atoms with Gasteiger partial charge in [-0.1, -0.05) is 0 Å². The van der Waals surface area contributed by atoms with Gasteiger partial charge < -0.3 is 14.6 Å². The van der Waals surface area contributed by atoms with E-state index in [9.17, 15) is 13.2 Å². The number of hydrogen-bond donors (Lipinski definition) is 1. The lowest BCUT2D eigenvalue weighted by Gasteiger charge is -2.39. The van der Waals surface area contributed by atoms with Crippen molar-refractivity contribution >= 4 is 5.97 Å². The first-order valence-electron chi connectivity index (χ1n) is 9.87. The summed E-state index contributed by atoms with van der Waals surface area (Å²) in [7, 11) is 1.96. The number of aryl methyl sites for hydroxylation is 1. The maximum atomic E-state index is 10.6. The molecule has 0 aliphatic carbocycles. The van der Waals surface area contributed by atoms with E-state index >= 15 is 0 Å². The second-order valence-electron chi connectivity index (χ2n) is 7.72. The van der Waals surface area contributed by atoms with Crippen molar-refractivity contribution in [3.8, 4) is 5.75 Å². The van der Waals surface area contributed by atoms with Crippen LogP contribution >= 0.6 is 0 Å². The summed E-state index contributed by atoms with van der Waals surface area (Å²) in [6, 6.07) is 5.94. The van der Waals surface area contributed by atoms with Gasteiger partial charge in [0.15, 0.2) is 0 Å². The van der Waals surface area contributed by atoms with E-state index in [4.69, 9.17) is 19.4 Å². The summed E-state index contributed by atoms with van der Waals surface area (Å²) in [6.45, 7) is 3.61. The van der Waals surface area contributed by atoms with E-state index in [1.165, 1.54) is 0 Å². The number of alkyl halides is 3. The molecule has 31 heavy (non-hydrogen) atoms. The van der Waals surface area contributed by atoms with Crippen molar-refractivity contribution in [1.82, 2.24) is 19.7 Å². The maximum Gasteiger partial charge on any atom is 0.490 e. The van der Waals surface area contributed by atoms with Crippen molar-refractivity contribution in [2.45, 2.75) is 43.7 Å². The summed E-state index contributed by atoms with van der Waals surface area (Å²) in [5, 5.41) is 11.6. The fraction of sp³-hybridized carbons (Fsp3) is 0.550. The number of carbonyl (C=O) groups is 1. The fourth-order valence-corrected chi connectivity index (χ4v) is 3.87. The zero-order valence-electron chi connectivity index (χ0n) is 17.1. The van der Waals surface area contributed by atoms with E-state index in [0.29, 0.717) is 6.61 Å². The molecule has 1 spiro atoms. The molecule has 2 saturated heterocycles. The Bertz CT molecular complexity index is 862. The molecule has 2 aromatic heterocycles. The fourth-order valence-electron chi connectivity index (χ4n) is 3.87. The van der Waals surface area contributed by atoms with Gasteiger partial charge in [-0.05, 0) is 37.6 Å². The Hall–Kier alpha value is -2.66. The number of carboxylic acid groups (broad SMARTS) is 1. The average molecular weight is 442 g/mol. The van der Waals surface area contributed by atoms with Crippen LogP contribution in [-0.4, -0.2) is 68.3 Å². The lowest BCUT2D eigenvalue weighted by Crippen LogP contribution is -2.47. The van der Waals surface area contributed by atoms with Gasteiger partial charge in [-0.25, -0.2) is 4.79 Å². The summed E-state index contributed by atoms with van der Waals surface area (Å²) in [5.74, 6) is -1.93. The van der Waals surface area contributed by atoms with Gasteiger partial charge in [0.25, 0.3) is 0 Å². The van der Waals surface area contributed by atoms with Crippen LogP contribution in [0.15, 0.2) is 36.8 Å². The number of carboxylic acids is 1. The number of nitrogens with zero attached hydrogens (tertiary/aromatic N) is 4. The van der Waals surface area contributed by atoms with Crippen molar-refractivity contribution in [2.75, 3.05) is 19.7 Å². The molecule has 2 unspecified atom stereocenters. The Morgan fingerprint density at radius 2 is 2.19 bits per heavy atom. The van der Waals surface area contributed by atoms with Crippen molar-refractivity contribution in [3.63, 3.8) is 0 Å². The number of rotatable bonds is 4. The minimum atomic E-state index is -5.08. The van der Waals surface area contributed by atoms with Gasteiger partial charge in [0.05, 0.1) is 24.1 Å². The Kier molecular flexibility index (Phi) is 7.16. The SMILES string of the molecule is Cn1ccc(CN2CCCC3(CC(Oc4cccnc4)CO3)C2)n1.O=C(O)C(F)(F)F. The van der Waals surface area contributed by atoms with E-state index in [1.54, 1.807) is 12.4 Å². The Morgan fingerprint density at radius 1 is 1.42 bits per heavy atom. The normalized spacial score (nSPS) is 23.9. The molecule has 4 heterocycles. The molecule has 2 aliphatic heterocycles. The van der Waals surface area contributed by atoms with E-state index in [-0.39, 0.29) is 11.7 Å². The molecule has 0 radical (unpaired) electrons. The zero-order valence-corrected chi connectivity index (χ0v) is 17.1. The van der Waals surface area contributed by atoms with Crippen LogP contribution in [0.1, 0.15) is 25.0 Å². The molecule has 0 bridgehead atoms. The highest BCUT2D eigenvalue weighted by Gasteiger charge is 2.44. The first-order chi connectivity index (χ1) is 14.7. The summed E-state index contributed by atoms with van der Waals surface area (Å²) < 4.78 is 45.9. The van der Waals surface area contributed by atoms with Crippen LogP contribution in [0.25, 0.3) is 0 Å². The lowest BCUT2D eigenvalue weighted by atomic mass is 9.89. The highest BCUT2D eigenvalue weighted by atomic mass is 19.4. The van der Waals surface area contributed by atoms with E-state index in [2.05, 4.69) is 21.0 Å². The van der Waals surface area contributed by atoms with Crippen LogP contribution in [-0.2, 0) is 23.1 Å². The minimum absolute atomic E-state index is 0.0695. The molecular weight excluding hydrogens is 417 g/mol. The second kappa shape index (κ2) is 9.65. The molecule has 0 saturated carbocycles. The summed E-state index contributed by atoms with van der Waals surface area (Å²) in [4.78, 5) is 15.5. The van der Waals surface area contributed by atoms with Gasteiger partial charge in [0.2, 0.25) is 0 Å². The largest absolute Gasteiger partial charge is 0.490 e. The van der Waals surface area contributed by atoms with Gasteiger partial charge >= 0.3 is 12.1 Å². The third kappa shape index (κ3) is 6.66. The van der Waals surface area contributed by atoms with E-state index in [0.717, 1.165) is 50.3 Å². The molecule has 0 amide bonds. The number of halogens is 3. The predicted molar refractivity (Wildman–Crippen MR) is 103 cm³/mol. The maximum absolute atomic E-state index is 10.6. The predicted octanol–water partition coefficient (Wildman–Crippen LogP) is 2.65. The van der Waals surface area contributed by atoms with Gasteiger partial charge in [-0.15, -0.1) is 0 Å². The van der Waals surface area contributed by atoms with Crippen LogP contribution in [0.4, 0.5) is 13.2 Å². The number of hydrogen-bond acceptors (Lipinski definition) is 6. The topological polar surface area (TPSA) is 89.7 Å². The second-order valence-corrected chi connectivity index (χ2v) is 7.72. The van der Waals surface area contributed by atoms with Crippen LogP contribution in [0.3, 0.4) is 0 Å². The van der Waals surface area contributed by atoms with Crippen LogP contribution in [0.2, 0.25) is 0 Å². The molecule has 2 fully saturated rings. The van der Waals surface area contributed by atoms with Crippen molar-refractivity contribution < 1.29 is 32.5 Å². The number of ether oxygens (including phenoxy) is 2. The van der Waals surface area contributed by atoms with Gasteiger partial charge in [-0.2, -0.15) is 18.3 Å². The van der Waals surface area contributed by atoms with Crippen molar-refractivity contribution in [3.05, 3.63) is 42.5 Å². The number of pyridine rings is 1. The highest BCUT2D eigenvalue weighted by Crippen LogP contribution is 2.36. The summed E-state index contributed by atoms with van der Waals surface area (Å²) >= 11 is 0. The molecule has 2 atom stereocenters. The molecule has 4 rings (SSSR count). The molecular formula is C20H25F3N4O4. The van der Waals surface area contributed by atoms with E-state index in [1.807, 2.05) is 30.1 Å². The summed E-state index contributed by atoms with van der Waals surface area (Å²) in [6.07, 6.45) is 3.77. The summed E-state index contributed by atoms with van der Waals surface area (Å²) in [5.41, 5.74) is 1.05. The molecule has 2 aromatic rings. The molecule has 0 aromatic carbocycles. The van der Waals surface area contributed by atoms with Crippen molar-refractivity contribution in [1.29, 1.82) is 0 Å². The standard InChI is InChI=1S/C18H24N4O2.C2HF3O2/c1-21-9-5-15(20-21)12-22-8-3-6-18(14-22)10-17(13-23-18)24-16-4-2-7-19-11-16;3-2(4,5)1(6)7/h2,4-5,7,9,11,17H,3,6,8,10,12-14H2,1H3;(H,6,7). The van der Waals surface area contributed by atoms with Gasteiger partial charge in [0.1, 0.15) is 11.9 Å². The number of aromatic nitrogens is 3. The Morgan fingerprint density at radius 3 is 2.81 bits per heavy atom. The molecule has 1 N–H and O–H groups in total. The first-order valence-corrected chi connectivity index (χ1v) is 9.87.